The molecule has 0 spiro atoms. The lowest BCUT2D eigenvalue weighted by Crippen LogP contribution is -2.42. The average molecular weight is 387 g/mol. The first-order valence-corrected chi connectivity index (χ1v) is 10.5. The monoisotopic (exact) mass is 386 g/mol. The third-order valence-corrected chi connectivity index (χ3v) is 6.05. The number of rotatable bonds is 6. The Bertz CT molecular complexity index is 726. The zero-order valence-electron chi connectivity index (χ0n) is 17.7. The minimum absolute atomic E-state index is 0.00922. The van der Waals surface area contributed by atoms with E-state index in [1.54, 1.807) is 7.11 Å². The Balaban J connectivity index is 1.82. The lowest BCUT2D eigenvalue weighted by Gasteiger charge is -2.35. The summed E-state index contributed by atoms with van der Waals surface area (Å²) in [6, 6.07) is 6.26. The molecule has 5 heteroatoms. The Morgan fingerprint density at radius 3 is 2.39 bits per heavy atom. The van der Waals surface area contributed by atoms with Gasteiger partial charge in [0, 0.05) is 12.5 Å². The molecule has 154 valence electrons. The summed E-state index contributed by atoms with van der Waals surface area (Å²) in [5, 5.41) is 6.17. The summed E-state index contributed by atoms with van der Waals surface area (Å²) in [7, 11) is 1.61. The lowest BCUT2D eigenvalue weighted by molar-refractivity contribution is -0.134. The molecule has 2 saturated carbocycles. The molecule has 0 radical (unpaired) electrons. The van der Waals surface area contributed by atoms with Crippen LogP contribution in [0.2, 0.25) is 0 Å². The van der Waals surface area contributed by atoms with Gasteiger partial charge in [0.05, 0.1) is 18.2 Å². The van der Waals surface area contributed by atoms with Gasteiger partial charge in [-0.3, -0.25) is 9.59 Å². The van der Waals surface area contributed by atoms with Crippen molar-refractivity contribution in [3.8, 4) is 5.75 Å². The number of ether oxygens (including phenoxy) is 1. The van der Waals surface area contributed by atoms with Crippen molar-refractivity contribution in [3.63, 3.8) is 0 Å². The summed E-state index contributed by atoms with van der Waals surface area (Å²) >= 11 is 0. The van der Waals surface area contributed by atoms with Crippen LogP contribution >= 0.6 is 0 Å². The molecule has 0 aromatic heterocycles. The molecule has 0 unspecified atom stereocenters. The van der Waals surface area contributed by atoms with Crippen LogP contribution in [0.1, 0.15) is 77.7 Å². The quantitative estimate of drug-likeness (QED) is 0.754. The zero-order valence-corrected chi connectivity index (χ0v) is 17.7. The number of hydrogen-bond acceptors (Lipinski definition) is 3. The van der Waals surface area contributed by atoms with Crippen molar-refractivity contribution in [3.05, 3.63) is 23.8 Å². The molecular weight excluding hydrogens is 352 g/mol. The van der Waals surface area contributed by atoms with Crippen molar-refractivity contribution >= 4 is 17.5 Å². The van der Waals surface area contributed by atoms with Crippen LogP contribution in [0.15, 0.2) is 18.2 Å². The Morgan fingerprint density at radius 2 is 1.82 bits per heavy atom. The molecule has 1 aromatic rings. The second kappa shape index (κ2) is 8.14. The summed E-state index contributed by atoms with van der Waals surface area (Å²) in [6.07, 6.45) is 7.02. The predicted octanol–water partition coefficient (Wildman–Crippen LogP) is 4.55. The highest BCUT2D eigenvalue weighted by Crippen LogP contribution is 2.42. The minimum atomic E-state index is -0.625. The predicted molar refractivity (Wildman–Crippen MR) is 112 cm³/mol. The molecule has 0 aliphatic heterocycles. The molecule has 28 heavy (non-hydrogen) atoms. The smallest absolute Gasteiger partial charge is 0.231 e. The topological polar surface area (TPSA) is 67.4 Å². The van der Waals surface area contributed by atoms with Crippen molar-refractivity contribution in [1.29, 1.82) is 0 Å². The third kappa shape index (κ3) is 4.86. The third-order valence-electron chi connectivity index (χ3n) is 6.05. The van der Waals surface area contributed by atoms with Crippen LogP contribution < -0.4 is 15.4 Å². The van der Waals surface area contributed by atoms with Gasteiger partial charge in [0.1, 0.15) is 5.75 Å². The van der Waals surface area contributed by atoms with E-state index in [0.717, 1.165) is 50.5 Å². The molecule has 0 heterocycles. The van der Waals surface area contributed by atoms with Crippen molar-refractivity contribution in [1.82, 2.24) is 5.32 Å². The van der Waals surface area contributed by atoms with Crippen LogP contribution in [0, 0.1) is 5.41 Å². The summed E-state index contributed by atoms with van der Waals surface area (Å²) in [5.41, 5.74) is 1.17. The number of benzene rings is 1. The Labute approximate surface area is 168 Å². The van der Waals surface area contributed by atoms with Crippen LogP contribution in [0.5, 0.6) is 5.75 Å². The van der Waals surface area contributed by atoms with Gasteiger partial charge in [0.15, 0.2) is 0 Å². The minimum Gasteiger partial charge on any atom is -0.495 e. The van der Waals surface area contributed by atoms with E-state index < -0.39 is 5.41 Å². The van der Waals surface area contributed by atoms with Gasteiger partial charge in [0.2, 0.25) is 11.8 Å². The van der Waals surface area contributed by atoms with Gasteiger partial charge in [0.25, 0.3) is 0 Å². The van der Waals surface area contributed by atoms with Crippen LogP contribution in [-0.4, -0.2) is 25.0 Å². The molecule has 3 rings (SSSR count). The summed E-state index contributed by atoms with van der Waals surface area (Å²) in [6.45, 7) is 6.43. The van der Waals surface area contributed by atoms with E-state index in [0.29, 0.717) is 17.5 Å². The summed E-state index contributed by atoms with van der Waals surface area (Å²) in [5.74, 6) is 0.604. The molecule has 0 atom stereocenters. The number of anilines is 1. The van der Waals surface area contributed by atoms with Crippen LogP contribution in [-0.2, 0) is 15.0 Å². The molecule has 0 bridgehead atoms. The van der Waals surface area contributed by atoms with E-state index in [4.69, 9.17) is 4.74 Å². The molecule has 2 N–H and O–H groups in total. The second-order valence-electron chi connectivity index (χ2n) is 9.48. The number of carbonyl (C=O) groups is 2. The van der Waals surface area contributed by atoms with Crippen LogP contribution in [0.25, 0.3) is 0 Å². The molecule has 2 fully saturated rings. The fourth-order valence-electron chi connectivity index (χ4n) is 4.05. The fraction of sp³-hybridized carbons (Fsp3) is 0.652. The summed E-state index contributed by atoms with van der Waals surface area (Å²) < 4.78 is 5.48. The van der Waals surface area contributed by atoms with Crippen molar-refractivity contribution in [2.75, 3.05) is 12.4 Å². The second-order valence-corrected chi connectivity index (χ2v) is 9.48. The molecule has 2 aliphatic rings. The van der Waals surface area contributed by atoms with Crippen LogP contribution in [0.4, 0.5) is 5.69 Å². The number of nitrogens with one attached hydrogen (secondary N) is 2. The Kier molecular flexibility index (Phi) is 6.01. The van der Waals surface area contributed by atoms with Crippen molar-refractivity contribution in [2.45, 2.75) is 83.6 Å². The Morgan fingerprint density at radius 1 is 1.14 bits per heavy atom. The molecule has 2 amide bonds. The number of hydrogen-bond donors (Lipinski definition) is 2. The fourth-order valence-corrected chi connectivity index (χ4v) is 4.05. The van der Waals surface area contributed by atoms with E-state index in [2.05, 4.69) is 31.4 Å². The van der Waals surface area contributed by atoms with Gasteiger partial charge in [-0.05, 0) is 48.8 Å². The maximum Gasteiger partial charge on any atom is 0.231 e. The normalized spacial score (nSPS) is 19.0. The van der Waals surface area contributed by atoms with Gasteiger partial charge in [-0.15, -0.1) is 0 Å². The highest BCUT2D eigenvalue weighted by atomic mass is 16.5. The number of methoxy groups -OCH3 is 1. The van der Waals surface area contributed by atoms with E-state index in [9.17, 15) is 9.59 Å². The first kappa shape index (κ1) is 20.7. The first-order valence-electron chi connectivity index (χ1n) is 10.5. The summed E-state index contributed by atoms with van der Waals surface area (Å²) in [4.78, 5) is 25.9. The number of carbonyl (C=O) groups excluding carboxylic acids is 2. The average Bonchev–Trinajstić information content (AvgIpc) is 3.45. The van der Waals surface area contributed by atoms with Gasteiger partial charge < -0.3 is 15.4 Å². The van der Waals surface area contributed by atoms with E-state index in [1.165, 1.54) is 0 Å². The van der Waals surface area contributed by atoms with Gasteiger partial charge in [-0.1, -0.05) is 46.1 Å². The van der Waals surface area contributed by atoms with E-state index >= 15 is 0 Å². The molecule has 2 aliphatic carbocycles. The SMILES string of the molecule is COc1ccc(C(C)(C)C)cc1NC(=O)C1(CC(=O)NC2CC2)CCCCC1. The lowest BCUT2D eigenvalue weighted by atomic mass is 9.70. The maximum atomic E-state index is 13.4. The maximum absolute atomic E-state index is 13.4. The van der Waals surface area contributed by atoms with Gasteiger partial charge >= 0.3 is 0 Å². The zero-order chi connectivity index (χ0) is 20.4. The molecule has 5 nitrogen and oxygen atoms in total. The first-order chi connectivity index (χ1) is 13.2. The van der Waals surface area contributed by atoms with Gasteiger partial charge in [-0.25, -0.2) is 0 Å². The molecule has 0 saturated heterocycles. The van der Waals surface area contributed by atoms with Gasteiger partial charge in [-0.2, -0.15) is 0 Å². The van der Waals surface area contributed by atoms with E-state index in [-0.39, 0.29) is 23.7 Å². The highest BCUT2D eigenvalue weighted by molar-refractivity contribution is 5.99. The van der Waals surface area contributed by atoms with Crippen molar-refractivity contribution in [2.24, 2.45) is 5.41 Å². The van der Waals surface area contributed by atoms with Crippen LogP contribution in [0.3, 0.4) is 0 Å². The molecular formula is C23H34N2O3. The highest BCUT2D eigenvalue weighted by Gasteiger charge is 2.42. The standard InChI is InChI=1S/C23H34N2O3/c1-22(2,3)16-8-11-19(28-4)18(14-16)25-21(27)23(12-6-5-7-13-23)15-20(26)24-17-9-10-17/h8,11,14,17H,5-7,9-10,12-13,15H2,1-4H3,(H,24,26)(H,25,27). The van der Waals surface area contributed by atoms with E-state index in [1.807, 2.05) is 18.2 Å². The number of amides is 2. The largest absolute Gasteiger partial charge is 0.495 e. The molecule has 1 aromatic carbocycles. The Hall–Kier alpha value is -2.04. The van der Waals surface area contributed by atoms with Crippen molar-refractivity contribution < 1.29 is 14.3 Å².